The van der Waals surface area contributed by atoms with Crippen LogP contribution < -0.4 is 15.8 Å². The molecule has 0 aromatic carbocycles. The van der Waals surface area contributed by atoms with E-state index < -0.39 is 0 Å². The van der Waals surface area contributed by atoms with Crippen molar-refractivity contribution in [3.63, 3.8) is 0 Å². The van der Waals surface area contributed by atoms with Crippen LogP contribution in [0.25, 0.3) is 0 Å². The quantitative estimate of drug-likeness (QED) is 0.899. The Labute approximate surface area is 133 Å². The zero-order chi connectivity index (χ0) is 15.0. The summed E-state index contributed by atoms with van der Waals surface area (Å²) in [6.45, 7) is 7.94. The Hall–Kier alpha value is -0.880. The minimum absolute atomic E-state index is 0.0240. The van der Waals surface area contributed by atoms with E-state index in [2.05, 4.69) is 45.1 Å². The van der Waals surface area contributed by atoms with E-state index in [0.717, 1.165) is 25.3 Å². The van der Waals surface area contributed by atoms with E-state index in [1.807, 2.05) is 6.20 Å². The number of halogens is 1. The molecule has 6 heteroatoms. The molecular weight excluding hydrogens is 332 g/mol. The molecule has 2 aliphatic heterocycles. The van der Waals surface area contributed by atoms with E-state index in [1.54, 1.807) is 4.68 Å². The monoisotopic (exact) mass is 354 g/mol. The molecule has 5 nitrogen and oxygen atoms in total. The maximum Gasteiger partial charge on any atom is 0.283 e. The summed E-state index contributed by atoms with van der Waals surface area (Å²) in [5.74, 6) is 1.11. The van der Waals surface area contributed by atoms with Gasteiger partial charge in [0.2, 0.25) is 0 Å². The van der Waals surface area contributed by atoms with Gasteiger partial charge in [0.05, 0.1) is 11.9 Å². The van der Waals surface area contributed by atoms with E-state index in [9.17, 15) is 4.79 Å². The average molecular weight is 355 g/mol. The van der Waals surface area contributed by atoms with Crippen LogP contribution in [0.3, 0.4) is 0 Å². The van der Waals surface area contributed by atoms with E-state index in [-0.39, 0.29) is 5.56 Å². The molecule has 2 saturated heterocycles. The van der Waals surface area contributed by atoms with Gasteiger partial charge in [0, 0.05) is 25.7 Å². The molecule has 0 aliphatic carbocycles. The summed E-state index contributed by atoms with van der Waals surface area (Å²) < 4.78 is 2.20. The number of nitrogens with zero attached hydrogens (tertiary/aromatic N) is 3. The first-order valence-corrected chi connectivity index (χ1v) is 8.59. The second-order valence-corrected chi connectivity index (χ2v) is 7.39. The molecule has 0 saturated carbocycles. The van der Waals surface area contributed by atoms with Crippen molar-refractivity contribution in [2.24, 2.45) is 11.8 Å². The molecule has 1 N–H and O–H groups in total. The molecular formula is C15H23BrN4O. The molecule has 2 aliphatic rings. The number of hydrogen-bond acceptors (Lipinski definition) is 4. The lowest BCUT2D eigenvalue weighted by Gasteiger charge is -2.24. The van der Waals surface area contributed by atoms with Crippen LogP contribution in [-0.4, -0.2) is 35.5 Å². The first kappa shape index (κ1) is 15.0. The Morgan fingerprint density at radius 3 is 3.00 bits per heavy atom. The number of hydrogen-bond donors (Lipinski definition) is 1. The van der Waals surface area contributed by atoms with Gasteiger partial charge in [-0.05, 0) is 47.2 Å². The van der Waals surface area contributed by atoms with Crippen LogP contribution >= 0.6 is 15.9 Å². The highest BCUT2D eigenvalue weighted by atomic mass is 79.9. The topological polar surface area (TPSA) is 50.2 Å². The highest BCUT2D eigenvalue weighted by molar-refractivity contribution is 9.10. The predicted molar refractivity (Wildman–Crippen MR) is 87.8 cm³/mol. The summed E-state index contributed by atoms with van der Waals surface area (Å²) in [6.07, 6.45) is 4.37. The molecule has 2 atom stereocenters. The number of aromatic nitrogens is 2. The standard InChI is InChI=1S/C15H23BrN4O/c1-10(2)7-20-15(21)14(16)13(6-18-20)19-8-11-4-3-5-17-12(11)9-19/h6,10-12,17H,3-5,7-9H2,1-2H3/t11-,12+/m0/s1. The van der Waals surface area contributed by atoms with Gasteiger partial charge < -0.3 is 10.2 Å². The van der Waals surface area contributed by atoms with Crippen LogP contribution in [0.4, 0.5) is 5.69 Å². The predicted octanol–water partition coefficient (Wildman–Crippen LogP) is 1.85. The minimum atomic E-state index is -0.0240. The van der Waals surface area contributed by atoms with Crippen LogP contribution in [0, 0.1) is 11.8 Å². The Morgan fingerprint density at radius 1 is 1.48 bits per heavy atom. The molecule has 2 fully saturated rings. The van der Waals surface area contributed by atoms with E-state index in [4.69, 9.17) is 0 Å². The Bertz CT molecular complexity index is 557. The molecule has 0 spiro atoms. The number of rotatable bonds is 3. The Balaban J connectivity index is 1.83. The van der Waals surface area contributed by atoms with Crippen LogP contribution in [0.15, 0.2) is 15.5 Å². The number of anilines is 1. The van der Waals surface area contributed by atoms with Crippen molar-refractivity contribution in [2.45, 2.75) is 39.3 Å². The van der Waals surface area contributed by atoms with Crippen molar-refractivity contribution in [2.75, 3.05) is 24.5 Å². The number of fused-ring (bicyclic) bond motifs is 1. The van der Waals surface area contributed by atoms with Crippen LogP contribution in [0.1, 0.15) is 26.7 Å². The van der Waals surface area contributed by atoms with Crippen molar-refractivity contribution in [1.29, 1.82) is 0 Å². The zero-order valence-corrected chi connectivity index (χ0v) is 14.3. The van der Waals surface area contributed by atoms with Crippen LogP contribution in [0.2, 0.25) is 0 Å². The molecule has 0 unspecified atom stereocenters. The van der Waals surface area contributed by atoms with E-state index in [0.29, 0.717) is 28.9 Å². The Kier molecular flexibility index (Phi) is 4.36. The van der Waals surface area contributed by atoms with Gasteiger partial charge in [-0.15, -0.1) is 0 Å². The summed E-state index contributed by atoms with van der Waals surface area (Å²) in [7, 11) is 0. The molecule has 3 heterocycles. The largest absolute Gasteiger partial charge is 0.367 e. The molecule has 3 rings (SSSR count). The smallest absolute Gasteiger partial charge is 0.283 e. The fraction of sp³-hybridized carbons (Fsp3) is 0.733. The van der Waals surface area contributed by atoms with Gasteiger partial charge in [-0.3, -0.25) is 4.79 Å². The normalized spacial score (nSPS) is 25.4. The second kappa shape index (κ2) is 6.08. The van der Waals surface area contributed by atoms with Crippen molar-refractivity contribution in [1.82, 2.24) is 15.1 Å². The molecule has 21 heavy (non-hydrogen) atoms. The summed E-state index contributed by atoms with van der Waals surface area (Å²) >= 11 is 3.49. The first-order chi connectivity index (χ1) is 10.1. The fourth-order valence-electron chi connectivity index (χ4n) is 3.40. The third-order valence-corrected chi connectivity index (χ3v) is 5.19. The van der Waals surface area contributed by atoms with Gasteiger partial charge in [0.15, 0.2) is 0 Å². The fourth-order valence-corrected chi connectivity index (χ4v) is 3.95. The van der Waals surface area contributed by atoms with Crippen molar-refractivity contribution < 1.29 is 0 Å². The van der Waals surface area contributed by atoms with Gasteiger partial charge in [-0.25, -0.2) is 4.68 Å². The van der Waals surface area contributed by atoms with E-state index in [1.165, 1.54) is 12.8 Å². The average Bonchev–Trinajstić information content (AvgIpc) is 2.87. The van der Waals surface area contributed by atoms with Gasteiger partial charge in [-0.1, -0.05) is 13.8 Å². The molecule has 116 valence electrons. The van der Waals surface area contributed by atoms with Crippen molar-refractivity contribution in [3.05, 3.63) is 21.0 Å². The molecule has 0 radical (unpaired) electrons. The van der Waals surface area contributed by atoms with Gasteiger partial charge in [-0.2, -0.15) is 5.10 Å². The zero-order valence-electron chi connectivity index (χ0n) is 12.7. The lowest BCUT2D eigenvalue weighted by Crippen LogP contribution is -2.40. The molecule has 0 amide bonds. The number of piperidine rings is 1. The van der Waals surface area contributed by atoms with E-state index >= 15 is 0 Å². The van der Waals surface area contributed by atoms with Gasteiger partial charge in [0.25, 0.3) is 5.56 Å². The second-order valence-electron chi connectivity index (χ2n) is 6.59. The maximum absolute atomic E-state index is 12.4. The summed E-state index contributed by atoms with van der Waals surface area (Å²) in [5, 5.41) is 7.94. The lowest BCUT2D eigenvalue weighted by atomic mass is 9.94. The lowest BCUT2D eigenvalue weighted by molar-refractivity contribution is 0.340. The summed E-state index contributed by atoms with van der Waals surface area (Å²) in [4.78, 5) is 14.7. The third kappa shape index (κ3) is 3.01. The first-order valence-electron chi connectivity index (χ1n) is 7.80. The van der Waals surface area contributed by atoms with Crippen LogP contribution in [-0.2, 0) is 6.54 Å². The molecule has 1 aromatic heterocycles. The summed E-state index contributed by atoms with van der Waals surface area (Å²) in [5.41, 5.74) is 0.917. The molecule has 1 aromatic rings. The third-order valence-electron chi connectivity index (χ3n) is 4.44. The van der Waals surface area contributed by atoms with Crippen molar-refractivity contribution >= 4 is 21.6 Å². The minimum Gasteiger partial charge on any atom is -0.367 e. The molecule has 0 bridgehead atoms. The van der Waals surface area contributed by atoms with Crippen LogP contribution in [0.5, 0.6) is 0 Å². The van der Waals surface area contributed by atoms with Crippen molar-refractivity contribution in [3.8, 4) is 0 Å². The Morgan fingerprint density at radius 2 is 2.29 bits per heavy atom. The number of nitrogens with one attached hydrogen (secondary N) is 1. The highest BCUT2D eigenvalue weighted by Crippen LogP contribution is 2.31. The highest BCUT2D eigenvalue weighted by Gasteiger charge is 2.35. The maximum atomic E-state index is 12.4. The van der Waals surface area contributed by atoms with Gasteiger partial charge >= 0.3 is 0 Å². The SMILES string of the molecule is CC(C)Cn1ncc(N2C[C@@H]3CCCN[C@@H]3C2)c(Br)c1=O. The van der Waals surface area contributed by atoms with Gasteiger partial charge in [0.1, 0.15) is 4.47 Å². The summed E-state index contributed by atoms with van der Waals surface area (Å²) in [6, 6.07) is 0.559.